The first-order valence-corrected chi connectivity index (χ1v) is 8.51. The van der Waals surface area contributed by atoms with Crippen LogP contribution in [0.4, 0.5) is 0 Å². The topological polar surface area (TPSA) is 94.8 Å². The molecule has 1 fully saturated rings. The fourth-order valence-electron chi connectivity index (χ4n) is 1.59. The Bertz CT molecular complexity index is 516. The standard InChI is InChI=1S/C9H12O4.C6H12O.C5H10/c1-4(2)8(12)7-5(10)3-6(11)9(7)13;1-6(2)4-3-5-7;1-4-5(2)3/h4,6,11-12H,3H2,1-2H3;4,7H,3,5H2,1-2H3;4H,1-3H3/b8-7+;;/t6-;;/m0../s1. The van der Waals surface area contributed by atoms with Crippen LogP contribution in [0.5, 0.6) is 0 Å². The summed E-state index contributed by atoms with van der Waals surface area (Å²) in [7, 11) is 0. The maximum absolute atomic E-state index is 11.2. The van der Waals surface area contributed by atoms with E-state index < -0.39 is 17.7 Å². The van der Waals surface area contributed by atoms with Gasteiger partial charge in [-0.05, 0) is 41.0 Å². The van der Waals surface area contributed by atoms with Crippen LogP contribution in [0.15, 0.2) is 34.6 Å². The van der Waals surface area contributed by atoms with Crippen molar-refractivity contribution in [2.45, 2.75) is 67.4 Å². The Morgan fingerprint density at radius 3 is 1.84 bits per heavy atom. The molecule has 25 heavy (non-hydrogen) atoms. The first-order chi connectivity index (χ1) is 11.5. The lowest BCUT2D eigenvalue weighted by Gasteiger charge is -2.05. The van der Waals surface area contributed by atoms with Crippen molar-refractivity contribution >= 4 is 11.6 Å². The normalized spacial score (nSPS) is 17.9. The predicted octanol–water partition coefficient (Wildman–Crippen LogP) is 3.66. The molecule has 0 spiro atoms. The average Bonchev–Trinajstić information content (AvgIpc) is 2.78. The lowest BCUT2D eigenvalue weighted by molar-refractivity contribution is -0.121. The van der Waals surface area contributed by atoms with E-state index in [1.165, 1.54) is 11.1 Å². The predicted molar refractivity (Wildman–Crippen MR) is 101 cm³/mol. The smallest absolute Gasteiger partial charge is 0.198 e. The molecule has 5 nitrogen and oxygen atoms in total. The lowest BCUT2D eigenvalue weighted by atomic mass is 10.0. The van der Waals surface area contributed by atoms with Gasteiger partial charge in [0.1, 0.15) is 17.4 Å². The van der Waals surface area contributed by atoms with Gasteiger partial charge in [-0.3, -0.25) is 9.59 Å². The number of carbonyl (C=O) groups is 2. The van der Waals surface area contributed by atoms with Crippen molar-refractivity contribution in [3.8, 4) is 0 Å². The van der Waals surface area contributed by atoms with Crippen LogP contribution in [0.3, 0.4) is 0 Å². The third kappa shape index (κ3) is 11.5. The monoisotopic (exact) mass is 354 g/mol. The maximum Gasteiger partial charge on any atom is 0.198 e. The SMILES string of the molecule is CC(C)/C(O)=C1/C(=O)C[C@H](O)C1=O.CC(C)=CCCO.CC=C(C)C. The minimum absolute atomic E-state index is 0.203. The van der Waals surface area contributed by atoms with E-state index in [0.717, 1.165) is 6.42 Å². The second kappa shape index (κ2) is 13.6. The van der Waals surface area contributed by atoms with E-state index in [1.807, 2.05) is 26.8 Å². The molecule has 0 aromatic carbocycles. The molecule has 0 aromatic rings. The molecular formula is C20H34O5. The van der Waals surface area contributed by atoms with Crippen LogP contribution in [0, 0.1) is 5.92 Å². The van der Waals surface area contributed by atoms with Crippen LogP contribution in [0.2, 0.25) is 0 Å². The average molecular weight is 354 g/mol. The summed E-state index contributed by atoms with van der Waals surface area (Å²) in [6.45, 7) is 13.9. The van der Waals surface area contributed by atoms with Crippen molar-refractivity contribution in [2.24, 2.45) is 5.92 Å². The molecule has 3 N–H and O–H groups in total. The number of hydrogen-bond acceptors (Lipinski definition) is 5. The second-order valence-corrected chi connectivity index (χ2v) is 6.58. The molecule has 1 atom stereocenters. The summed E-state index contributed by atoms with van der Waals surface area (Å²) in [4.78, 5) is 22.3. The largest absolute Gasteiger partial charge is 0.511 e. The van der Waals surface area contributed by atoms with Crippen LogP contribution in [0.1, 0.15) is 61.3 Å². The molecular weight excluding hydrogens is 320 g/mol. The number of rotatable bonds is 3. The van der Waals surface area contributed by atoms with Crippen LogP contribution in [-0.2, 0) is 9.59 Å². The Morgan fingerprint density at radius 1 is 1.16 bits per heavy atom. The highest BCUT2D eigenvalue weighted by atomic mass is 16.3. The molecule has 0 heterocycles. The van der Waals surface area contributed by atoms with Gasteiger partial charge < -0.3 is 15.3 Å². The molecule has 1 rings (SSSR count). The fourth-order valence-corrected chi connectivity index (χ4v) is 1.59. The second-order valence-electron chi connectivity index (χ2n) is 6.58. The molecule has 0 aromatic heterocycles. The highest BCUT2D eigenvalue weighted by molar-refractivity contribution is 6.27. The first kappa shape index (κ1) is 25.5. The maximum atomic E-state index is 11.2. The van der Waals surface area contributed by atoms with Crippen LogP contribution < -0.4 is 0 Å². The van der Waals surface area contributed by atoms with Gasteiger partial charge in [0, 0.05) is 18.9 Å². The number of carbonyl (C=O) groups excluding carboxylic acids is 2. The molecule has 1 aliphatic rings. The summed E-state index contributed by atoms with van der Waals surface area (Å²) < 4.78 is 0. The molecule has 0 amide bonds. The zero-order valence-electron chi connectivity index (χ0n) is 16.6. The quantitative estimate of drug-likeness (QED) is 0.311. The highest BCUT2D eigenvalue weighted by Gasteiger charge is 2.37. The van der Waals surface area contributed by atoms with Gasteiger partial charge in [0.25, 0.3) is 0 Å². The molecule has 0 radical (unpaired) electrons. The van der Waals surface area contributed by atoms with Crippen LogP contribution in [0.25, 0.3) is 0 Å². The van der Waals surface area contributed by atoms with E-state index in [9.17, 15) is 14.7 Å². The van der Waals surface area contributed by atoms with E-state index in [4.69, 9.17) is 10.2 Å². The van der Waals surface area contributed by atoms with Gasteiger partial charge >= 0.3 is 0 Å². The summed E-state index contributed by atoms with van der Waals surface area (Å²) in [5, 5.41) is 26.7. The summed E-state index contributed by atoms with van der Waals surface area (Å²) in [6, 6.07) is 0. The van der Waals surface area contributed by atoms with Crippen molar-refractivity contribution in [2.75, 3.05) is 6.61 Å². The van der Waals surface area contributed by atoms with E-state index in [0.29, 0.717) is 0 Å². The van der Waals surface area contributed by atoms with E-state index in [2.05, 4.69) is 19.9 Å². The lowest BCUT2D eigenvalue weighted by Crippen LogP contribution is -2.15. The summed E-state index contributed by atoms with van der Waals surface area (Å²) in [6.07, 6.45) is 3.43. The third-order valence-electron chi connectivity index (χ3n) is 3.27. The molecule has 1 aliphatic carbocycles. The van der Waals surface area contributed by atoms with Crippen molar-refractivity contribution in [1.82, 2.24) is 0 Å². The Morgan fingerprint density at radius 2 is 1.64 bits per heavy atom. The van der Waals surface area contributed by atoms with E-state index in [1.54, 1.807) is 13.8 Å². The van der Waals surface area contributed by atoms with Crippen molar-refractivity contribution < 1.29 is 24.9 Å². The van der Waals surface area contributed by atoms with Gasteiger partial charge in [-0.2, -0.15) is 0 Å². The number of hydrogen-bond donors (Lipinski definition) is 3. The molecule has 144 valence electrons. The molecule has 0 saturated heterocycles. The van der Waals surface area contributed by atoms with Gasteiger partial charge in [-0.1, -0.05) is 37.1 Å². The van der Waals surface area contributed by atoms with E-state index >= 15 is 0 Å². The van der Waals surface area contributed by atoms with Gasteiger partial charge in [0.05, 0.1) is 0 Å². The molecule has 5 heteroatoms. The number of aliphatic hydroxyl groups is 3. The summed E-state index contributed by atoms with van der Waals surface area (Å²) in [5.41, 5.74) is 2.43. The molecule has 0 aliphatic heterocycles. The van der Waals surface area contributed by atoms with Crippen molar-refractivity contribution in [1.29, 1.82) is 0 Å². The van der Waals surface area contributed by atoms with Gasteiger partial charge in [-0.25, -0.2) is 0 Å². The van der Waals surface area contributed by atoms with Crippen molar-refractivity contribution in [3.05, 3.63) is 34.6 Å². The number of allylic oxidation sites excluding steroid dienone is 4. The molecule has 0 unspecified atom stereocenters. The van der Waals surface area contributed by atoms with Crippen molar-refractivity contribution in [3.63, 3.8) is 0 Å². The van der Waals surface area contributed by atoms with Gasteiger partial charge in [0.2, 0.25) is 0 Å². The molecule has 0 bridgehead atoms. The number of Topliss-reactive ketones (excluding diaryl/α,β-unsaturated/α-hetero) is 2. The highest BCUT2D eigenvalue weighted by Crippen LogP contribution is 2.23. The summed E-state index contributed by atoms with van der Waals surface area (Å²) in [5.74, 6) is -1.61. The fraction of sp³-hybridized carbons (Fsp3) is 0.600. The van der Waals surface area contributed by atoms with Gasteiger partial charge in [0.15, 0.2) is 11.6 Å². The van der Waals surface area contributed by atoms with E-state index in [-0.39, 0.29) is 30.3 Å². The van der Waals surface area contributed by atoms with Crippen LogP contribution in [-0.4, -0.2) is 39.6 Å². The number of aliphatic hydroxyl groups excluding tert-OH is 3. The zero-order valence-corrected chi connectivity index (χ0v) is 16.6. The minimum Gasteiger partial charge on any atom is -0.511 e. The molecule has 1 saturated carbocycles. The zero-order chi connectivity index (χ0) is 20.2. The third-order valence-corrected chi connectivity index (χ3v) is 3.27. The minimum atomic E-state index is -1.26. The Labute approximate surface area is 151 Å². The number of ketones is 2. The Hall–Kier alpha value is -1.72. The van der Waals surface area contributed by atoms with Gasteiger partial charge in [-0.15, -0.1) is 0 Å². The first-order valence-electron chi connectivity index (χ1n) is 8.51. The Kier molecular flexibility index (Phi) is 13.8. The van der Waals surface area contributed by atoms with Crippen LogP contribution >= 0.6 is 0 Å². The summed E-state index contributed by atoms with van der Waals surface area (Å²) >= 11 is 0. The Balaban J connectivity index is 0.